The number of nitrogens with zero attached hydrogens (tertiary/aromatic N) is 5. The van der Waals surface area contributed by atoms with Gasteiger partial charge in [-0.3, -0.25) is 0 Å². The first-order chi connectivity index (χ1) is 16.5. The number of hydrogen-bond acceptors (Lipinski definition) is 6. The molecule has 8 nitrogen and oxygen atoms in total. The maximum absolute atomic E-state index is 12.7. The third-order valence-corrected chi connectivity index (χ3v) is 6.59. The molecule has 1 aromatic heterocycles. The van der Waals surface area contributed by atoms with E-state index in [-0.39, 0.29) is 11.7 Å². The number of benzene rings is 2. The van der Waals surface area contributed by atoms with E-state index < -0.39 is 6.10 Å². The summed E-state index contributed by atoms with van der Waals surface area (Å²) in [5, 5.41) is 13.9. The minimum absolute atomic E-state index is 0.0852. The second-order valence-corrected chi connectivity index (χ2v) is 8.84. The van der Waals surface area contributed by atoms with Crippen LogP contribution in [0.1, 0.15) is 39.7 Å². The molecule has 1 aliphatic rings. The quantitative estimate of drug-likeness (QED) is 0.522. The summed E-state index contributed by atoms with van der Waals surface area (Å²) in [5.41, 5.74) is 3.06. The number of aliphatic hydroxyl groups is 1. The number of aliphatic hydroxyl groups excluding tert-OH is 1. The van der Waals surface area contributed by atoms with Gasteiger partial charge in [0.1, 0.15) is 18.7 Å². The molecule has 0 bridgehead atoms. The van der Waals surface area contributed by atoms with Crippen LogP contribution in [0.25, 0.3) is 5.69 Å². The van der Waals surface area contributed by atoms with Crippen LogP contribution in [-0.2, 0) is 0 Å². The molecule has 34 heavy (non-hydrogen) atoms. The van der Waals surface area contributed by atoms with Gasteiger partial charge in [0.25, 0.3) is 0 Å². The van der Waals surface area contributed by atoms with Gasteiger partial charge in [-0.15, -0.1) is 0 Å². The summed E-state index contributed by atoms with van der Waals surface area (Å²) >= 11 is 0. The van der Waals surface area contributed by atoms with Crippen LogP contribution in [0.4, 0.5) is 11.4 Å². The summed E-state index contributed by atoms with van der Waals surface area (Å²) < 4.78 is 8.78. The number of anilines is 2. The van der Waals surface area contributed by atoms with Gasteiger partial charge in [-0.1, -0.05) is 13.8 Å². The Hall–Kier alpha value is -3.26. The van der Waals surface area contributed by atoms with Crippen molar-refractivity contribution in [3.05, 3.63) is 65.3 Å². The molecule has 0 amide bonds. The standard InChI is InChI=1S/C26H35N5O3/c1-4-20(3)31-26(33)30(19-27-31)23-8-6-21(7-9-23)28-14-16-29(17-15-28)22-10-12-25(13-11-22)34-18-24(32)5-2/h6-13,19-20,24,32H,4-5,14-18H2,1-3H3/t20-,24+/m1/s1. The van der Waals surface area contributed by atoms with E-state index in [1.807, 2.05) is 38.1 Å². The van der Waals surface area contributed by atoms with Gasteiger partial charge in [0.05, 0.1) is 17.8 Å². The second kappa shape index (κ2) is 10.8. The molecule has 0 radical (unpaired) electrons. The van der Waals surface area contributed by atoms with Crippen molar-refractivity contribution in [3.63, 3.8) is 0 Å². The zero-order chi connectivity index (χ0) is 24.1. The zero-order valence-corrected chi connectivity index (χ0v) is 20.3. The number of rotatable bonds is 9. The summed E-state index contributed by atoms with van der Waals surface area (Å²) in [6.45, 7) is 10.0. The second-order valence-electron chi connectivity index (χ2n) is 8.84. The van der Waals surface area contributed by atoms with E-state index in [1.165, 1.54) is 5.69 Å². The summed E-state index contributed by atoms with van der Waals surface area (Å²) in [4.78, 5) is 17.4. The molecule has 1 saturated heterocycles. The maximum atomic E-state index is 12.7. The first kappa shape index (κ1) is 23.9. The van der Waals surface area contributed by atoms with Gasteiger partial charge in [-0.2, -0.15) is 5.10 Å². The molecule has 1 aliphatic heterocycles. The fourth-order valence-electron chi connectivity index (χ4n) is 4.08. The highest BCUT2D eigenvalue weighted by molar-refractivity contribution is 5.54. The molecule has 1 fully saturated rings. The summed E-state index contributed by atoms with van der Waals surface area (Å²) in [6, 6.07) is 16.3. The minimum Gasteiger partial charge on any atom is -0.491 e. The van der Waals surface area contributed by atoms with Crippen LogP contribution in [0, 0.1) is 0 Å². The Morgan fingerprint density at radius 2 is 1.41 bits per heavy atom. The molecule has 8 heteroatoms. The van der Waals surface area contributed by atoms with Crippen molar-refractivity contribution in [2.24, 2.45) is 0 Å². The van der Waals surface area contributed by atoms with Crippen LogP contribution in [-0.4, -0.2) is 58.3 Å². The van der Waals surface area contributed by atoms with Crippen molar-refractivity contribution >= 4 is 11.4 Å². The van der Waals surface area contributed by atoms with Crippen LogP contribution in [0.5, 0.6) is 5.75 Å². The van der Waals surface area contributed by atoms with Gasteiger partial charge in [-0.05, 0) is 68.3 Å². The summed E-state index contributed by atoms with van der Waals surface area (Å²) in [7, 11) is 0. The maximum Gasteiger partial charge on any atom is 0.350 e. The Morgan fingerprint density at radius 3 is 1.94 bits per heavy atom. The normalized spacial score (nSPS) is 15.9. The molecule has 1 N–H and O–H groups in total. The van der Waals surface area contributed by atoms with Crippen LogP contribution in [0.2, 0.25) is 0 Å². The molecule has 0 unspecified atom stereocenters. The van der Waals surface area contributed by atoms with Crippen LogP contribution < -0.4 is 20.2 Å². The average molecular weight is 466 g/mol. The van der Waals surface area contributed by atoms with E-state index in [4.69, 9.17) is 4.74 Å². The zero-order valence-electron chi connectivity index (χ0n) is 20.3. The number of aromatic nitrogens is 3. The topological polar surface area (TPSA) is 75.8 Å². The first-order valence-corrected chi connectivity index (χ1v) is 12.2. The lowest BCUT2D eigenvalue weighted by Crippen LogP contribution is -2.46. The molecular weight excluding hydrogens is 430 g/mol. The Labute approximate surface area is 201 Å². The molecule has 0 saturated carbocycles. The lowest BCUT2D eigenvalue weighted by molar-refractivity contribution is 0.104. The van der Waals surface area contributed by atoms with Crippen molar-refractivity contribution < 1.29 is 9.84 Å². The van der Waals surface area contributed by atoms with Gasteiger partial charge in [0, 0.05) is 37.6 Å². The highest BCUT2D eigenvalue weighted by Crippen LogP contribution is 2.24. The van der Waals surface area contributed by atoms with Crippen molar-refractivity contribution in [2.75, 3.05) is 42.6 Å². The van der Waals surface area contributed by atoms with Gasteiger partial charge in [-0.25, -0.2) is 14.0 Å². The number of hydrogen-bond donors (Lipinski definition) is 1. The Morgan fingerprint density at radius 1 is 0.882 bits per heavy atom. The van der Waals surface area contributed by atoms with E-state index >= 15 is 0 Å². The highest BCUT2D eigenvalue weighted by atomic mass is 16.5. The SMILES string of the molecule is CC[C@H](O)COc1ccc(N2CCN(c3ccc(-n4cnn([C@H](C)CC)c4=O)cc3)CC2)cc1. The number of piperazine rings is 1. The van der Waals surface area contributed by atoms with Crippen LogP contribution in [0.3, 0.4) is 0 Å². The van der Waals surface area contributed by atoms with Gasteiger partial charge in [0.2, 0.25) is 0 Å². The van der Waals surface area contributed by atoms with E-state index in [2.05, 4.69) is 46.1 Å². The molecule has 2 aromatic carbocycles. The van der Waals surface area contributed by atoms with Gasteiger partial charge in [0.15, 0.2) is 0 Å². The smallest absolute Gasteiger partial charge is 0.350 e. The molecule has 3 aromatic rings. The van der Waals surface area contributed by atoms with Crippen molar-refractivity contribution in [1.82, 2.24) is 14.3 Å². The largest absolute Gasteiger partial charge is 0.491 e. The van der Waals surface area contributed by atoms with Crippen molar-refractivity contribution in [1.29, 1.82) is 0 Å². The van der Waals surface area contributed by atoms with Gasteiger partial charge >= 0.3 is 5.69 Å². The molecule has 0 aliphatic carbocycles. The molecule has 2 atom stereocenters. The van der Waals surface area contributed by atoms with Crippen molar-refractivity contribution in [2.45, 2.75) is 45.8 Å². The fourth-order valence-corrected chi connectivity index (χ4v) is 4.08. The molecule has 0 spiro atoms. The predicted octanol–water partition coefficient (Wildman–Crippen LogP) is 3.48. The van der Waals surface area contributed by atoms with E-state index in [0.29, 0.717) is 13.0 Å². The summed E-state index contributed by atoms with van der Waals surface area (Å²) in [6.07, 6.45) is 2.73. The Balaban J connectivity index is 1.34. The molecule has 4 rings (SSSR count). The Kier molecular flexibility index (Phi) is 7.57. The van der Waals surface area contributed by atoms with E-state index in [1.54, 1.807) is 15.6 Å². The summed E-state index contributed by atoms with van der Waals surface area (Å²) in [5.74, 6) is 0.781. The third kappa shape index (κ3) is 5.28. The van der Waals surface area contributed by atoms with Crippen molar-refractivity contribution in [3.8, 4) is 11.4 Å². The first-order valence-electron chi connectivity index (χ1n) is 12.2. The molecule has 2 heterocycles. The number of ether oxygens (including phenoxy) is 1. The van der Waals surface area contributed by atoms with Gasteiger partial charge < -0.3 is 19.6 Å². The predicted molar refractivity (Wildman–Crippen MR) is 135 cm³/mol. The van der Waals surface area contributed by atoms with Crippen LogP contribution in [0.15, 0.2) is 59.7 Å². The molecular formula is C26H35N5O3. The Bertz CT molecular complexity index is 1100. The lowest BCUT2D eigenvalue weighted by Gasteiger charge is -2.37. The van der Waals surface area contributed by atoms with E-state index in [9.17, 15) is 9.90 Å². The van der Waals surface area contributed by atoms with Crippen LogP contribution >= 0.6 is 0 Å². The fraction of sp³-hybridized carbons (Fsp3) is 0.462. The monoisotopic (exact) mass is 465 g/mol. The van der Waals surface area contributed by atoms with E-state index in [0.717, 1.165) is 49.7 Å². The highest BCUT2D eigenvalue weighted by Gasteiger charge is 2.18. The molecule has 182 valence electrons. The lowest BCUT2D eigenvalue weighted by atomic mass is 10.2. The average Bonchev–Trinajstić information content (AvgIpc) is 3.28. The third-order valence-electron chi connectivity index (χ3n) is 6.59. The minimum atomic E-state index is -0.426.